The van der Waals surface area contributed by atoms with Crippen molar-refractivity contribution in [2.24, 2.45) is 0 Å². The minimum atomic E-state index is -3.30. The first-order valence-electron chi connectivity index (χ1n) is 6.12. The monoisotopic (exact) mass is 309 g/mol. The van der Waals surface area contributed by atoms with E-state index in [1.165, 1.54) is 6.33 Å². The summed E-state index contributed by atoms with van der Waals surface area (Å²) in [5.74, 6) is -0.158. The number of carbonyl (C=O) groups is 1. The Labute approximate surface area is 122 Å². The second-order valence-electron chi connectivity index (χ2n) is 4.41. The number of nitrogens with one attached hydrogen (secondary N) is 2. The highest BCUT2D eigenvalue weighted by Gasteiger charge is 2.05. The molecule has 0 saturated carbocycles. The van der Waals surface area contributed by atoms with Gasteiger partial charge in [0.15, 0.2) is 0 Å². The van der Waals surface area contributed by atoms with Crippen LogP contribution in [0.1, 0.15) is 6.42 Å². The van der Waals surface area contributed by atoms with Crippen molar-refractivity contribution in [3.63, 3.8) is 0 Å². The van der Waals surface area contributed by atoms with Crippen LogP contribution in [-0.4, -0.2) is 35.3 Å². The summed E-state index contributed by atoms with van der Waals surface area (Å²) in [7, 11) is -3.30. The molecule has 2 aromatic rings. The van der Waals surface area contributed by atoms with Crippen molar-refractivity contribution in [2.75, 3.05) is 16.3 Å². The van der Waals surface area contributed by atoms with E-state index in [4.69, 9.17) is 0 Å². The van der Waals surface area contributed by atoms with Crippen molar-refractivity contribution in [2.45, 2.75) is 13.0 Å². The van der Waals surface area contributed by atoms with Gasteiger partial charge in [0.2, 0.25) is 15.9 Å². The smallest absolute Gasteiger partial charge is 0.229 e. The molecule has 112 valence electrons. The van der Waals surface area contributed by atoms with Crippen LogP contribution in [0.4, 0.5) is 11.4 Å². The average Bonchev–Trinajstić information content (AvgIpc) is 2.90. The zero-order chi connectivity index (χ0) is 15.3. The number of amides is 1. The molecule has 2 N–H and O–H groups in total. The number of aromatic nitrogens is 3. The second kappa shape index (κ2) is 6.35. The zero-order valence-electron chi connectivity index (χ0n) is 11.4. The SMILES string of the molecule is CS(=O)(=O)Nc1ccc(NC(=O)CCn2cncn2)cc1. The third kappa shape index (κ3) is 5.22. The summed E-state index contributed by atoms with van der Waals surface area (Å²) in [6.45, 7) is 0.444. The normalized spacial score (nSPS) is 11.1. The topological polar surface area (TPSA) is 106 Å². The van der Waals surface area contributed by atoms with Crippen LogP contribution in [0.15, 0.2) is 36.9 Å². The number of hydrogen-bond acceptors (Lipinski definition) is 5. The van der Waals surface area contributed by atoms with Crippen LogP contribution in [0.5, 0.6) is 0 Å². The van der Waals surface area contributed by atoms with E-state index in [1.54, 1.807) is 35.3 Å². The van der Waals surface area contributed by atoms with E-state index in [0.29, 0.717) is 17.9 Å². The number of anilines is 2. The highest BCUT2D eigenvalue weighted by Crippen LogP contribution is 2.14. The minimum Gasteiger partial charge on any atom is -0.326 e. The second-order valence-corrected chi connectivity index (χ2v) is 6.16. The van der Waals surface area contributed by atoms with Gasteiger partial charge in [0.05, 0.1) is 12.8 Å². The molecule has 0 unspecified atom stereocenters. The number of hydrogen-bond donors (Lipinski definition) is 2. The van der Waals surface area contributed by atoms with Crippen molar-refractivity contribution >= 4 is 27.3 Å². The molecule has 0 fully saturated rings. The Bertz CT molecular complexity index is 695. The van der Waals surface area contributed by atoms with Gasteiger partial charge in [0.1, 0.15) is 12.7 Å². The molecule has 1 heterocycles. The molecule has 1 aromatic heterocycles. The van der Waals surface area contributed by atoms with Crippen molar-refractivity contribution in [1.29, 1.82) is 0 Å². The number of sulfonamides is 1. The van der Waals surface area contributed by atoms with E-state index in [2.05, 4.69) is 20.1 Å². The van der Waals surface area contributed by atoms with E-state index in [9.17, 15) is 13.2 Å². The van der Waals surface area contributed by atoms with E-state index < -0.39 is 10.0 Å². The summed E-state index contributed by atoms with van der Waals surface area (Å²) in [6.07, 6.45) is 4.30. The Morgan fingerprint density at radius 3 is 2.48 bits per heavy atom. The third-order valence-corrected chi connectivity index (χ3v) is 3.11. The van der Waals surface area contributed by atoms with Crippen LogP contribution in [0.2, 0.25) is 0 Å². The van der Waals surface area contributed by atoms with Gasteiger partial charge in [-0.3, -0.25) is 14.2 Å². The lowest BCUT2D eigenvalue weighted by Crippen LogP contribution is -2.15. The molecule has 2 rings (SSSR count). The quantitative estimate of drug-likeness (QED) is 0.816. The van der Waals surface area contributed by atoms with Gasteiger partial charge in [-0.15, -0.1) is 0 Å². The van der Waals surface area contributed by atoms with Gasteiger partial charge in [0.25, 0.3) is 0 Å². The molecule has 0 aliphatic rings. The molecular formula is C12H15N5O3S. The van der Waals surface area contributed by atoms with E-state index in [-0.39, 0.29) is 12.3 Å². The first kappa shape index (κ1) is 15.0. The van der Waals surface area contributed by atoms with Gasteiger partial charge in [-0.1, -0.05) is 0 Å². The standard InChI is InChI=1S/C12H15N5O3S/c1-21(19,20)16-11-4-2-10(3-5-11)15-12(18)6-7-17-9-13-8-14-17/h2-5,8-9,16H,6-7H2,1H3,(H,15,18). The fraction of sp³-hybridized carbons (Fsp3) is 0.250. The van der Waals surface area contributed by atoms with Gasteiger partial charge in [-0.05, 0) is 24.3 Å². The van der Waals surface area contributed by atoms with Crippen molar-refractivity contribution in [3.05, 3.63) is 36.9 Å². The maximum absolute atomic E-state index is 11.7. The number of benzene rings is 1. The van der Waals surface area contributed by atoms with Gasteiger partial charge < -0.3 is 5.32 Å². The largest absolute Gasteiger partial charge is 0.326 e. The summed E-state index contributed by atoms with van der Waals surface area (Å²) >= 11 is 0. The molecule has 0 aliphatic carbocycles. The Kier molecular flexibility index (Phi) is 4.53. The predicted molar refractivity (Wildman–Crippen MR) is 78.2 cm³/mol. The van der Waals surface area contributed by atoms with E-state index in [1.807, 2.05) is 0 Å². The Hall–Kier alpha value is -2.42. The molecule has 0 atom stereocenters. The minimum absolute atomic E-state index is 0.158. The Morgan fingerprint density at radius 2 is 1.90 bits per heavy atom. The number of carbonyl (C=O) groups excluding carboxylic acids is 1. The molecule has 0 spiro atoms. The molecule has 1 aromatic carbocycles. The summed E-state index contributed by atoms with van der Waals surface area (Å²) < 4.78 is 26.0. The van der Waals surface area contributed by atoms with Gasteiger partial charge in [0, 0.05) is 17.8 Å². The molecule has 1 amide bonds. The Morgan fingerprint density at radius 1 is 1.24 bits per heavy atom. The van der Waals surface area contributed by atoms with Crippen LogP contribution in [0, 0.1) is 0 Å². The molecule has 21 heavy (non-hydrogen) atoms. The summed E-state index contributed by atoms with van der Waals surface area (Å²) in [5, 5.41) is 6.62. The maximum Gasteiger partial charge on any atom is 0.229 e. The number of rotatable bonds is 6. The average molecular weight is 309 g/mol. The molecule has 9 heteroatoms. The molecule has 0 radical (unpaired) electrons. The van der Waals surface area contributed by atoms with Crippen LogP contribution >= 0.6 is 0 Å². The van der Waals surface area contributed by atoms with Gasteiger partial charge >= 0.3 is 0 Å². The Balaban J connectivity index is 1.86. The molecule has 0 saturated heterocycles. The lowest BCUT2D eigenvalue weighted by atomic mass is 10.3. The van der Waals surface area contributed by atoms with Crippen LogP contribution < -0.4 is 10.0 Å². The molecule has 0 aliphatic heterocycles. The van der Waals surface area contributed by atoms with Gasteiger partial charge in [-0.25, -0.2) is 13.4 Å². The summed E-state index contributed by atoms with van der Waals surface area (Å²) in [5.41, 5.74) is 1.04. The molecule has 0 bridgehead atoms. The molecule has 8 nitrogen and oxygen atoms in total. The van der Waals surface area contributed by atoms with Crippen LogP contribution in [-0.2, 0) is 21.4 Å². The number of aryl methyl sites for hydroxylation is 1. The summed E-state index contributed by atoms with van der Waals surface area (Å²) in [6, 6.07) is 6.41. The molecular weight excluding hydrogens is 294 g/mol. The van der Waals surface area contributed by atoms with Gasteiger partial charge in [-0.2, -0.15) is 5.10 Å². The lowest BCUT2D eigenvalue weighted by molar-refractivity contribution is -0.116. The first-order chi connectivity index (χ1) is 9.92. The van der Waals surface area contributed by atoms with Crippen LogP contribution in [0.25, 0.3) is 0 Å². The number of nitrogens with zero attached hydrogens (tertiary/aromatic N) is 3. The van der Waals surface area contributed by atoms with Crippen molar-refractivity contribution in [3.8, 4) is 0 Å². The summed E-state index contributed by atoms with van der Waals surface area (Å²) in [4.78, 5) is 15.5. The fourth-order valence-corrected chi connectivity index (χ4v) is 2.19. The van der Waals surface area contributed by atoms with Crippen LogP contribution in [0.3, 0.4) is 0 Å². The third-order valence-electron chi connectivity index (χ3n) is 2.51. The van der Waals surface area contributed by atoms with Crippen molar-refractivity contribution < 1.29 is 13.2 Å². The van der Waals surface area contributed by atoms with E-state index >= 15 is 0 Å². The highest BCUT2D eigenvalue weighted by molar-refractivity contribution is 7.92. The first-order valence-corrected chi connectivity index (χ1v) is 8.02. The van der Waals surface area contributed by atoms with E-state index in [0.717, 1.165) is 6.26 Å². The maximum atomic E-state index is 11.7. The van der Waals surface area contributed by atoms with Crippen molar-refractivity contribution in [1.82, 2.24) is 14.8 Å². The lowest BCUT2D eigenvalue weighted by Gasteiger charge is -2.07. The highest BCUT2D eigenvalue weighted by atomic mass is 32.2. The predicted octanol–water partition coefficient (Wildman–Crippen LogP) is 0.678. The zero-order valence-corrected chi connectivity index (χ0v) is 12.2. The fourth-order valence-electron chi connectivity index (χ4n) is 1.62.